The normalized spacial score (nSPS) is 15.2. The molecule has 1 heterocycles. The topological polar surface area (TPSA) is 73.9 Å². The van der Waals surface area contributed by atoms with E-state index < -0.39 is 5.97 Å². The molecule has 2 aromatic rings. The van der Waals surface area contributed by atoms with E-state index >= 15 is 0 Å². The SMILES string of the molecule is Cc1ccc(C(=O)OCC(=O)NC[C@H]2COc3ccccc3O2)cc1C. The van der Waals surface area contributed by atoms with Crippen molar-refractivity contribution in [1.82, 2.24) is 5.32 Å². The average molecular weight is 355 g/mol. The number of hydrogen-bond acceptors (Lipinski definition) is 5. The molecule has 26 heavy (non-hydrogen) atoms. The number of amides is 1. The number of nitrogens with one attached hydrogen (secondary N) is 1. The van der Waals surface area contributed by atoms with Crippen LogP contribution >= 0.6 is 0 Å². The molecule has 0 radical (unpaired) electrons. The van der Waals surface area contributed by atoms with E-state index in [0.29, 0.717) is 23.7 Å². The zero-order valence-electron chi connectivity index (χ0n) is 14.8. The van der Waals surface area contributed by atoms with Gasteiger partial charge < -0.3 is 19.5 Å². The van der Waals surface area contributed by atoms with Gasteiger partial charge in [-0.05, 0) is 49.2 Å². The summed E-state index contributed by atoms with van der Waals surface area (Å²) in [4.78, 5) is 23.9. The van der Waals surface area contributed by atoms with E-state index in [1.54, 1.807) is 12.1 Å². The van der Waals surface area contributed by atoms with E-state index in [1.165, 1.54) is 0 Å². The highest BCUT2D eigenvalue weighted by Crippen LogP contribution is 2.30. The summed E-state index contributed by atoms with van der Waals surface area (Å²) in [6.45, 7) is 4.17. The highest BCUT2D eigenvalue weighted by atomic mass is 16.6. The average Bonchev–Trinajstić information content (AvgIpc) is 2.66. The molecule has 0 bridgehead atoms. The van der Waals surface area contributed by atoms with Crippen molar-refractivity contribution < 1.29 is 23.8 Å². The summed E-state index contributed by atoms with van der Waals surface area (Å²) in [7, 11) is 0. The summed E-state index contributed by atoms with van der Waals surface area (Å²) in [5.41, 5.74) is 2.52. The molecular weight excluding hydrogens is 334 g/mol. The first kappa shape index (κ1) is 17.8. The number of carbonyl (C=O) groups excluding carboxylic acids is 2. The summed E-state index contributed by atoms with van der Waals surface area (Å²) in [5, 5.41) is 2.69. The van der Waals surface area contributed by atoms with E-state index in [-0.39, 0.29) is 25.2 Å². The molecule has 1 amide bonds. The molecule has 0 saturated carbocycles. The van der Waals surface area contributed by atoms with E-state index in [0.717, 1.165) is 11.1 Å². The fourth-order valence-corrected chi connectivity index (χ4v) is 2.53. The van der Waals surface area contributed by atoms with Crippen LogP contribution < -0.4 is 14.8 Å². The summed E-state index contributed by atoms with van der Waals surface area (Å²) in [6, 6.07) is 12.7. The molecule has 0 saturated heterocycles. The third kappa shape index (κ3) is 4.33. The van der Waals surface area contributed by atoms with Crippen molar-refractivity contribution in [1.29, 1.82) is 0 Å². The Morgan fingerprint density at radius 2 is 1.88 bits per heavy atom. The van der Waals surface area contributed by atoms with Gasteiger partial charge >= 0.3 is 5.97 Å². The second-order valence-corrected chi connectivity index (χ2v) is 6.18. The molecule has 1 aliphatic rings. The maximum absolute atomic E-state index is 12.0. The minimum Gasteiger partial charge on any atom is -0.486 e. The largest absolute Gasteiger partial charge is 0.486 e. The number of carbonyl (C=O) groups is 2. The van der Waals surface area contributed by atoms with Crippen LogP contribution in [-0.4, -0.2) is 37.7 Å². The second-order valence-electron chi connectivity index (χ2n) is 6.18. The number of aryl methyl sites for hydroxylation is 2. The second kappa shape index (κ2) is 7.91. The molecule has 2 aromatic carbocycles. The van der Waals surface area contributed by atoms with Crippen molar-refractivity contribution in [3.8, 4) is 11.5 Å². The van der Waals surface area contributed by atoms with Gasteiger partial charge in [0.2, 0.25) is 0 Å². The highest BCUT2D eigenvalue weighted by Gasteiger charge is 2.21. The van der Waals surface area contributed by atoms with E-state index in [1.807, 2.05) is 44.2 Å². The van der Waals surface area contributed by atoms with Crippen LogP contribution in [0.4, 0.5) is 0 Å². The lowest BCUT2D eigenvalue weighted by molar-refractivity contribution is -0.124. The Labute approximate surface area is 152 Å². The third-order valence-corrected chi connectivity index (χ3v) is 4.17. The number of ether oxygens (including phenoxy) is 3. The lowest BCUT2D eigenvalue weighted by Crippen LogP contribution is -2.42. The third-order valence-electron chi connectivity index (χ3n) is 4.17. The molecule has 1 aliphatic heterocycles. The number of hydrogen-bond donors (Lipinski definition) is 1. The lowest BCUT2D eigenvalue weighted by atomic mass is 10.1. The van der Waals surface area contributed by atoms with Crippen molar-refractivity contribution in [3.05, 3.63) is 59.2 Å². The molecule has 6 nitrogen and oxygen atoms in total. The van der Waals surface area contributed by atoms with Gasteiger partial charge in [0, 0.05) is 0 Å². The molecule has 0 unspecified atom stereocenters. The molecule has 6 heteroatoms. The predicted octanol–water partition coefficient (Wildman–Crippen LogP) is 2.42. The van der Waals surface area contributed by atoms with Crippen LogP contribution in [0.2, 0.25) is 0 Å². The van der Waals surface area contributed by atoms with E-state index in [9.17, 15) is 9.59 Å². The van der Waals surface area contributed by atoms with Crippen LogP contribution in [0.25, 0.3) is 0 Å². The molecule has 0 aromatic heterocycles. The van der Waals surface area contributed by atoms with Gasteiger partial charge in [0.05, 0.1) is 12.1 Å². The van der Waals surface area contributed by atoms with Crippen molar-refractivity contribution in [2.45, 2.75) is 20.0 Å². The van der Waals surface area contributed by atoms with Crippen molar-refractivity contribution >= 4 is 11.9 Å². The van der Waals surface area contributed by atoms with Gasteiger partial charge in [-0.3, -0.25) is 4.79 Å². The Hall–Kier alpha value is -3.02. The Kier molecular flexibility index (Phi) is 5.41. The van der Waals surface area contributed by atoms with Crippen molar-refractivity contribution in [2.24, 2.45) is 0 Å². The zero-order valence-corrected chi connectivity index (χ0v) is 14.8. The molecular formula is C20H21NO5. The standard InChI is InChI=1S/C20H21NO5/c1-13-7-8-15(9-14(13)2)20(23)25-12-19(22)21-10-16-11-24-17-5-3-4-6-18(17)26-16/h3-9,16H,10-12H2,1-2H3,(H,21,22)/t16-/m0/s1. The molecule has 3 rings (SSSR count). The number of fused-ring (bicyclic) bond motifs is 1. The number of para-hydroxylation sites is 2. The van der Waals surface area contributed by atoms with Gasteiger partial charge in [-0.2, -0.15) is 0 Å². The van der Waals surface area contributed by atoms with Crippen molar-refractivity contribution in [3.63, 3.8) is 0 Å². The van der Waals surface area contributed by atoms with Gasteiger partial charge in [0.1, 0.15) is 12.7 Å². The van der Waals surface area contributed by atoms with Crippen molar-refractivity contribution in [2.75, 3.05) is 19.8 Å². The Morgan fingerprint density at radius 1 is 1.12 bits per heavy atom. The number of benzene rings is 2. The van der Waals surface area contributed by atoms with Crippen LogP contribution in [0.5, 0.6) is 11.5 Å². The summed E-state index contributed by atoms with van der Waals surface area (Å²) < 4.78 is 16.4. The molecule has 0 aliphatic carbocycles. The summed E-state index contributed by atoms with van der Waals surface area (Å²) in [5.74, 6) is 0.440. The Bertz CT molecular complexity index is 818. The van der Waals surface area contributed by atoms with Gasteiger partial charge in [-0.1, -0.05) is 18.2 Å². The molecule has 1 atom stereocenters. The van der Waals surface area contributed by atoms with Crippen LogP contribution in [0.15, 0.2) is 42.5 Å². The maximum Gasteiger partial charge on any atom is 0.338 e. The first-order valence-corrected chi connectivity index (χ1v) is 8.42. The highest BCUT2D eigenvalue weighted by molar-refractivity contribution is 5.91. The predicted molar refractivity (Wildman–Crippen MR) is 95.6 cm³/mol. The number of rotatable bonds is 5. The fourth-order valence-electron chi connectivity index (χ4n) is 2.53. The van der Waals surface area contributed by atoms with Crippen LogP contribution in [-0.2, 0) is 9.53 Å². The van der Waals surface area contributed by atoms with Gasteiger partial charge in [0.25, 0.3) is 5.91 Å². The van der Waals surface area contributed by atoms with Gasteiger partial charge in [0.15, 0.2) is 18.1 Å². The Balaban J connectivity index is 1.43. The summed E-state index contributed by atoms with van der Waals surface area (Å²) >= 11 is 0. The molecule has 1 N–H and O–H groups in total. The number of esters is 1. The van der Waals surface area contributed by atoms with Crippen LogP contribution in [0.1, 0.15) is 21.5 Å². The van der Waals surface area contributed by atoms with Crippen LogP contribution in [0.3, 0.4) is 0 Å². The lowest BCUT2D eigenvalue weighted by Gasteiger charge is -2.26. The van der Waals surface area contributed by atoms with E-state index in [4.69, 9.17) is 14.2 Å². The minimum atomic E-state index is -0.519. The van der Waals surface area contributed by atoms with Crippen LogP contribution in [0, 0.1) is 13.8 Å². The van der Waals surface area contributed by atoms with Gasteiger partial charge in [-0.15, -0.1) is 0 Å². The maximum atomic E-state index is 12.0. The van der Waals surface area contributed by atoms with Gasteiger partial charge in [-0.25, -0.2) is 4.79 Å². The van der Waals surface area contributed by atoms with E-state index in [2.05, 4.69) is 5.32 Å². The summed E-state index contributed by atoms with van der Waals surface area (Å²) in [6.07, 6.45) is -0.288. The zero-order chi connectivity index (χ0) is 18.5. The first-order chi connectivity index (χ1) is 12.5. The molecule has 0 fully saturated rings. The smallest absolute Gasteiger partial charge is 0.338 e. The monoisotopic (exact) mass is 355 g/mol. The molecule has 0 spiro atoms. The first-order valence-electron chi connectivity index (χ1n) is 8.42. The fraction of sp³-hybridized carbons (Fsp3) is 0.300. The quantitative estimate of drug-likeness (QED) is 0.834. The minimum absolute atomic E-state index is 0.272. The Morgan fingerprint density at radius 3 is 2.65 bits per heavy atom. The molecule has 136 valence electrons.